The first-order valence-corrected chi connectivity index (χ1v) is 5.20. The van der Waals surface area contributed by atoms with Gasteiger partial charge in [0.05, 0.1) is 18.8 Å². The van der Waals surface area contributed by atoms with Crippen LogP contribution >= 0.6 is 12.4 Å². The van der Waals surface area contributed by atoms with Crippen molar-refractivity contribution in [1.29, 1.82) is 0 Å². The molecule has 4 nitrogen and oxygen atoms in total. The van der Waals surface area contributed by atoms with Gasteiger partial charge in [-0.15, -0.1) is 12.4 Å². The van der Waals surface area contributed by atoms with Crippen LogP contribution in [0.1, 0.15) is 20.3 Å². The number of rotatable bonds is 3. The Bertz CT molecular complexity index is 202. The molecule has 0 aromatic rings. The van der Waals surface area contributed by atoms with Crippen LogP contribution in [-0.2, 0) is 9.53 Å². The minimum absolute atomic E-state index is 0. The van der Waals surface area contributed by atoms with Gasteiger partial charge in [-0.25, -0.2) is 0 Å². The second kappa shape index (κ2) is 7.04. The monoisotopic (exact) mass is 236 g/mol. The number of ether oxygens (including phenoxy) is 1. The Morgan fingerprint density at radius 3 is 2.80 bits per heavy atom. The third-order valence-electron chi connectivity index (χ3n) is 2.52. The molecule has 0 spiro atoms. The standard InChI is InChI=1S/C10H20N2O2.ClH/c1-8-7-14-9(2)6-12(8)10(13)4-5-11-3;/h8-9,11H,4-7H2,1-3H3;1H. The fourth-order valence-electron chi connectivity index (χ4n) is 1.63. The molecule has 15 heavy (non-hydrogen) atoms. The van der Waals surface area contributed by atoms with E-state index in [-0.39, 0.29) is 30.5 Å². The summed E-state index contributed by atoms with van der Waals surface area (Å²) in [6.07, 6.45) is 0.748. The number of carbonyl (C=O) groups is 1. The Morgan fingerprint density at radius 2 is 2.20 bits per heavy atom. The Morgan fingerprint density at radius 1 is 1.53 bits per heavy atom. The van der Waals surface area contributed by atoms with Gasteiger partial charge in [0.25, 0.3) is 0 Å². The van der Waals surface area contributed by atoms with Crippen molar-refractivity contribution in [3.05, 3.63) is 0 Å². The fourth-order valence-corrected chi connectivity index (χ4v) is 1.63. The van der Waals surface area contributed by atoms with Crippen molar-refractivity contribution >= 4 is 18.3 Å². The Balaban J connectivity index is 0.00000196. The topological polar surface area (TPSA) is 41.6 Å². The van der Waals surface area contributed by atoms with E-state index in [9.17, 15) is 4.79 Å². The number of halogens is 1. The van der Waals surface area contributed by atoms with Crippen LogP contribution in [0.25, 0.3) is 0 Å². The third-order valence-corrected chi connectivity index (χ3v) is 2.52. The summed E-state index contributed by atoms with van der Waals surface area (Å²) in [5.41, 5.74) is 0. The summed E-state index contributed by atoms with van der Waals surface area (Å²) >= 11 is 0. The lowest BCUT2D eigenvalue weighted by molar-refractivity contribution is -0.143. The van der Waals surface area contributed by atoms with E-state index in [1.54, 1.807) is 0 Å². The van der Waals surface area contributed by atoms with Crippen molar-refractivity contribution in [2.24, 2.45) is 0 Å². The second-order valence-electron chi connectivity index (χ2n) is 3.89. The summed E-state index contributed by atoms with van der Waals surface area (Å²) in [4.78, 5) is 13.7. The van der Waals surface area contributed by atoms with Gasteiger partial charge in [0, 0.05) is 19.5 Å². The molecule has 2 unspecified atom stereocenters. The number of nitrogens with one attached hydrogen (secondary N) is 1. The maximum absolute atomic E-state index is 11.7. The molecule has 0 aromatic carbocycles. The fraction of sp³-hybridized carbons (Fsp3) is 0.900. The van der Waals surface area contributed by atoms with E-state index in [0.717, 1.165) is 13.1 Å². The van der Waals surface area contributed by atoms with Crippen molar-refractivity contribution in [2.75, 3.05) is 26.7 Å². The summed E-state index contributed by atoms with van der Waals surface area (Å²) in [6, 6.07) is 0.218. The first kappa shape index (κ1) is 14.7. The van der Waals surface area contributed by atoms with Gasteiger partial charge < -0.3 is 15.0 Å². The summed E-state index contributed by atoms with van der Waals surface area (Å²) in [6.45, 7) is 6.17. The summed E-state index contributed by atoms with van der Waals surface area (Å²) in [7, 11) is 1.86. The molecule has 0 saturated carbocycles. The maximum atomic E-state index is 11.7. The van der Waals surface area contributed by atoms with E-state index >= 15 is 0 Å². The highest BCUT2D eigenvalue weighted by Crippen LogP contribution is 2.12. The number of nitrogens with zero attached hydrogens (tertiary/aromatic N) is 1. The number of carbonyl (C=O) groups excluding carboxylic acids is 1. The quantitative estimate of drug-likeness (QED) is 0.783. The van der Waals surface area contributed by atoms with E-state index < -0.39 is 0 Å². The van der Waals surface area contributed by atoms with Gasteiger partial charge in [-0.2, -0.15) is 0 Å². The van der Waals surface area contributed by atoms with Gasteiger partial charge >= 0.3 is 0 Å². The predicted octanol–water partition coefficient (Wildman–Crippen LogP) is 0.653. The number of hydrogen-bond donors (Lipinski definition) is 1. The van der Waals surface area contributed by atoms with Crippen LogP contribution < -0.4 is 5.32 Å². The van der Waals surface area contributed by atoms with Crippen LogP contribution in [0.5, 0.6) is 0 Å². The molecule has 0 aromatic heterocycles. The van der Waals surface area contributed by atoms with Gasteiger partial charge in [-0.05, 0) is 20.9 Å². The predicted molar refractivity (Wildman–Crippen MR) is 62.4 cm³/mol. The largest absolute Gasteiger partial charge is 0.375 e. The lowest BCUT2D eigenvalue weighted by Gasteiger charge is -2.36. The molecule has 90 valence electrons. The maximum Gasteiger partial charge on any atom is 0.224 e. The van der Waals surface area contributed by atoms with Gasteiger partial charge in [0.15, 0.2) is 0 Å². The summed E-state index contributed by atoms with van der Waals surface area (Å²) in [5.74, 6) is 0.224. The van der Waals surface area contributed by atoms with Gasteiger partial charge in [0.2, 0.25) is 5.91 Å². The van der Waals surface area contributed by atoms with Gasteiger partial charge in [0.1, 0.15) is 0 Å². The van der Waals surface area contributed by atoms with E-state index in [0.29, 0.717) is 13.0 Å². The molecule has 1 aliphatic heterocycles. The van der Waals surface area contributed by atoms with Crippen LogP contribution in [0, 0.1) is 0 Å². The molecule has 5 heteroatoms. The summed E-state index contributed by atoms with van der Waals surface area (Å²) < 4.78 is 5.47. The zero-order valence-electron chi connectivity index (χ0n) is 9.66. The van der Waals surface area contributed by atoms with Gasteiger partial charge in [-0.1, -0.05) is 0 Å². The smallest absolute Gasteiger partial charge is 0.224 e. The highest BCUT2D eigenvalue weighted by molar-refractivity contribution is 5.85. The molecule has 0 aliphatic carbocycles. The van der Waals surface area contributed by atoms with Crippen molar-refractivity contribution in [3.8, 4) is 0 Å². The molecule has 1 amide bonds. The second-order valence-corrected chi connectivity index (χ2v) is 3.89. The number of amides is 1. The van der Waals surface area contributed by atoms with Crippen LogP contribution in [0.15, 0.2) is 0 Å². The number of hydrogen-bond acceptors (Lipinski definition) is 3. The number of morpholine rings is 1. The van der Waals surface area contributed by atoms with Crippen molar-refractivity contribution in [1.82, 2.24) is 10.2 Å². The van der Waals surface area contributed by atoms with E-state index in [2.05, 4.69) is 5.32 Å². The minimum atomic E-state index is 0. The molecule has 1 heterocycles. The average molecular weight is 237 g/mol. The van der Waals surface area contributed by atoms with E-state index in [1.807, 2.05) is 25.8 Å². The molecule has 0 radical (unpaired) electrons. The average Bonchev–Trinajstić information content (AvgIpc) is 2.18. The third kappa shape index (κ3) is 4.36. The Labute approximate surface area is 97.8 Å². The van der Waals surface area contributed by atoms with E-state index in [4.69, 9.17) is 4.74 Å². The molecule has 1 N–H and O–H groups in total. The van der Waals surface area contributed by atoms with Crippen LogP contribution in [-0.4, -0.2) is 49.7 Å². The Hall–Kier alpha value is -0.320. The van der Waals surface area contributed by atoms with Crippen molar-refractivity contribution in [3.63, 3.8) is 0 Å². The minimum Gasteiger partial charge on any atom is -0.375 e. The van der Waals surface area contributed by atoms with Crippen LogP contribution in [0.4, 0.5) is 0 Å². The Kier molecular flexibility index (Phi) is 6.89. The molecule has 1 rings (SSSR count). The highest BCUT2D eigenvalue weighted by atomic mass is 35.5. The molecule has 1 fully saturated rings. The summed E-state index contributed by atoms with van der Waals surface area (Å²) in [5, 5.41) is 2.98. The van der Waals surface area contributed by atoms with Crippen molar-refractivity contribution in [2.45, 2.75) is 32.4 Å². The zero-order chi connectivity index (χ0) is 10.6. The molecular weight excluding hydrogens is 216 g/mol. The highest BCUT2D eigenvalue weighted by Gasteiger charge is 2.26. The van der Waals surface area contributed by atoms with E-state index in [1.165, 1.54) is 0 Å². The SMILES string of the molecule is CNCCC(=O)N1CC(C)OCC1C.Cl. The van der Waals surface area contributed by atoms with Crippen molar-refractivity contribution < 1.29 is 9.53 Å². The first-order valence-electron chi connectivity index (χ1n) is 5.20. The molecule has 1 saturated heterocycles. The lowest BCUT2D eigenvalue weighted by Crippen LogP contribution is -2.50. The molecule has 0 bridgehead atoms. The molecule has 1 aliphatic rings. The first-order chi connectivity index (χ1) is 6.65. The zero-order valence-corrected chi connectivity index (χ0v) is 10.5. The lowest BCUT2D eigenvalue weighted by atomic mass is 10.2. The molecular formula is C10H21ClN2O2. The van der Waals surface area contributed by atoms with Gasteiger partial charge in [-0.3, -0.25) is 4.79 Å². The normalized spacial score (nSPS) is 25.9. The van der Waals surface area contributed by atoms with Crippen LogP contribution in [0.3, 0.4) is 0 Å². The molecule has 2 atom stereocenters. The van der Waals surface area contributed by atoms with Crippen LogP contribution in [0.2, 0.25) is 0 Å².